The van der Waals surface area contributed by atoms with Crippen LogP contribution in [0, 0.1) is 0 Å². The zero-order valence-electron chi connectivity index (χ0n) is 9.90. The summed E-state index contributed by atoms with van der Waals surface area (Å²) in [5.74, 6) is 2.13. The maximum atomic E-state index is 5.35. The summed E-state index contributed by atoms with van der Waals surface area (Å²) in [7, 11) is 0. The van der Waals surface area contributed by atoms with Gasteiger partial charge in [-0.05, 0) is 20.3 Å². The first kappa shape index (κ1) is 13.5. The summed E-state index contributed by atoms with van der Waals surface area (Å²) in [6, 6.07) is 0. The molecule has 90 valence electrons. The van der Waals surface area contributed by atoms with Crippen molar-refractivity contribution in [1.29, 1.82) is 0 Å². The monoisotopic (exact) mass is 257 g/mol. The Hall–Kier alpha value is -0.550. The van der Waals surface area contributed by atoms with Gasteiger partial charge in [-0.2, -0.15) is 0 Å². The molecule has 1 aromatic rings. The number of aromatic amines is 1. The van der Waals surface area contributed by atoms with E-state index in [2.05, 4.69) is 28.7 Å². The number of thiocarbonyl (C=S) groups is 1. The minimum atomic E-state index is 1.00. The van der Waals surface area contributed by atoms with Gasteiger partial charge < -0.3 is 9.88 Å². The van der Waals surface area contributed by atoms with Crippen molar-refractivity contribution in [2.75, 3.05) is 18.8 Å². The molecule has 5 heteroatoms. The third kappa shape index (κ3) is 4.53. The highest BCUT2D eigenvalue weighted by Gasteiger charge is 2.05. The van der Waals surface area contributed by atoms with E-state index in [-0.39, 0.29) is 0 Å². The largest absolute Gasteiger partial charge is 0.358 e. The Balaban J connectivity index is 2.13. The molecule has 1 heterocycles. The third-order valence-electron chi connectivity index (χ3n) is 2.36. The number of rotatable bonds is 6. The summed E-state index contributed by atoms with van der Waals surface area (Å²) < 4.78 is 1.02. The molecular weight excluding hydrogens is 238 g/mol. The van der Waals surface area contributed by atoms with Crippen molar-refractivity contribution in [1.82, 2.24) is 14.9 Å². The summed E-state index contributed by atoms with van der Waals surface area (Å²) in [5.41, 5.74) is 0. The van der Waals surface area contributed by atoms with E-state index >= 15 is 0 Å². The molecule has 16 heavy (non-hydrogen) atoms. The number of thioether (sulfide) groups is 1. The fraction of sp³-hybridized carbons (Fsp3) is 0.636. The molecule has 0 amide bonds. The van der Waals surface area contributed by atoms with Crippen molar-refractivity contribution in [3.63, 3.8) is 0 Å². The van der Waals surface area contributed by atoms with E-state index in [9.17, 15) is 0 Å². The van der Waals surface area contributed by atoms with E-state index in [0.717, 1.165) is 41.8 Å². The molecule has 0 saturated carbocycles. The van der Waals surface area contributed by atoms with Gasteiger partial charge in [0.15, 0.2) is 0 Å². The molecule has 0 saturated heterocycles. The maximum absolute atomic E-state index is 5.35. The molecule has 0 bridgehead atoms. The minimum Gasteiger partial charge on any atom is -0.358 e. The van der Waals surface area contributed by atoms with Gasteiger partial charge in [-0.25, -0.2) is 4.98 Å². The summed E-state index contributed by atoms with van der Waals surface area (Å²) in [6.45, 7) is 6.28. The Morgan fingerprint density at radius 1 is 1.50 bits per heavy atom. The minimum absolute atomic E-state index is 1.00. The Morgan fingerprint density at radius 2 is 2.25 bits per heavy atom. The first-order valence-electron chi connectivity index (χ1n) is 5.67. The van der Waals surface area contributed by atoms with Crippen LogP contribution in [0.15, 0.2) is 12.4 Å². The lowest BCUT2D eigenvalue weighted by atomic mass is 10.3. The highest BCUT2D eigenvalue weighted by atomic mass is 32.2. The van der Waals surface area contributed by atoms with Gasteiger partial charge in [0.25, 0.3) is 0 Å². The van der Waals surface area contributed by atoms with E-state index in [4.69, 9.17) is 12.2 Å². The average Bonchev–Trinajstić information content (AvgIpc) is 2.79. The van der Waals surface area contributed by atoms with Crippen molar-refractivity contribution in [2.45, 2.75) is 26.7 Å². The number of hydrogen-bond acceptors (Lipinski definition) is 3. The molecule has 0 aliphatic heterocycles. The van der Waals surface area contributed by atoms with Crippen LogP contribution in [-0.2, 0) is 6.42 Å². The molecule has 0 aliphatic carbocycles. The fourth-order valence-corrected chi connectivity index (χ4v) is 2.82. The number of nitrogens with zero attached hydrogens (tertiary/aromatic N) is 2. The van der Waals surface area contributed by atoms with Crippen molar-refractivity contribution >= 4 is 28.3 Å². The number of aryl methyl sites for hydroxylation is 1. The molecule has 0 aromatic carbocycles. The van der Waals surface area contributed by atoms with Crippen molar-refractivity contribution in [3.8, 4) is 0 Å². The summed E-state index contributed by atoms with van der Waals surface area (Å²) in [6.07, 6.45) is 5.77. The Morgan fingerprint density at radius 3 is 2.81 bits per heavy atom. The van der Waals surface area contributed by atoms with Crippen LogP contribution in [0.1, 0.15) is 26.1 Å². The average molecular weight is 257 g/mol. The molecule has 0 unspecified atom stereocenters. The third-order valence-corrected chi connectivity index (χ3v) is 3.97. The van der Waals surface area contributed by atoms with Crippen LogP contribution in [0.3, 0.4) is 0 Å². The van der Waals surface area contributed by atoms with Gasteiger partial charge in [0.1, 0.15) is 10.1 Å². The van der Waals surface area contributed by atoms with Gasteiger partial charge in [-0.3, -0.25) is 0 Å². The molecular formula is C11H19N3S2. The highest BCUT2D eigenvalue weighted by Crippen LogP contribution is 2.11. The Kier molecular flexibility index (Phi) is 6.49. The lowest BCUT2D eigenvalue weighted by Gasteiger charge is -2.20. The molecule has 0 fully saturated rings. The number of imidazole rings is 1. The lowest BCUT2D eigenvalue weighted by Crippen LogP contribution is -2.26. The van der Waals surface area contributed by atoms with E-state index in [1.54, 1.807) is 18.0 Å². The SMILES string of the molecule is CCN(CC)C(=S)SCCCc1ncc[nH]1. The van der Waals surface area contributed by atoms with Gasteiger partial charge in [0.2, 0.25) is 0 Å². The second-order valence-corrected chi connectivity index (χ2v) is 5.15. The smallest absolute Gasteiger partial charge is 0.136 e. The van der Waals surface area contributed by atoms with E-state index in [1.165, 1.54) is 0 Å². The predicted octanol–water partition coefficient (Wildman–Crippen LogP) is 2.70. The first-order valence-corrected chi connectivity index (χ1v) is 7.07. The highest BCUT2D eigenvalue weighted by molar-refractivity contribution is 8.22. The maximum Gasteiger partial charge on any atom is 0.136 e. The molecule has 0 atom stereocenters. The summed E-state index contributed by atoms with van der Waals surface area (Å²) in [4.78, 5) is 9.51. The molecule has 0 radical (unpaired) electrons. The van der Waals surface area contributed by atoms with Crippen molar-refractivity contribution < 1.29 is 0 Å². The topological polar surface area (TPSA) is 31.9 Å². The number of nitrogens with one attached hydrogen (secondary N) is 1. The zero-order valence-corrected chi connectivity index (χ0v) is 11.5. The van der Waals surface area contributed by atoms with Crippen molar-refractivity contribution in [3.05, 3.63) is 18.2 Å². The second-order valence-electron chi connectivity index (χ2n) is 3.43. The molecule has 1 rings (SSSR count). The molecule has 3 nitrogen and oxygen atoms in total. The van der Waals surface area contributed by atoms with Crippen LogP contribution >= 0.6 is 24.0 Å². The number of hydrogen-bond donors (Lipinski definition) is 1. The molecule has 1 N–H and O–H groups in total. The summed E-state index contributed by atoms with van der Waals surface area (Å²) >= 11 is 7.12. The predicted molar refractivity (Wildman–Crippen MR) is 74.9 cm³/mol. The van der Waals surface area contributed by atoms with Crippen LogP contribution < -0.4 is 0 Å². The van der Waals surface area contributed by atoms with Gasteiger partial charge >= 0.3 is 0 Å². The Labute approximate surface area is 107 Å². The van der Waals surface area contributed by atoms with Crippen LogP contribution in [-0.4, -0.2) is 38.0 Å². The lowest BCUT2D eigenvalue weighted by molar-refractivity contribution is 0.482. The quantitative estimate of drug-likeness (QED) is 0.627. The second kappa shape index (κ2) is 7.68. The fourth-order valence-electron chi connectivity index (χ4n) is 1.41. The standard InChI is InChI=1S/C11H19N3S2/c1-3-14(4-2)11(15)16-9-5-6-10-12-7-8-13-10/h7-8H,3-6,9H2,1-2H3,(H,12,13). The van der Waals surface area contributed by atoms with Gasteiger partial charge in [0.05, 0.1) is 0 Å². The number of aromatic nitrogens is 2. The van der Waals surface area contributed by atoms with Crippen molar-refractivity contribution in [2.24, 2.45) is 0 Å². The molecule has 0 spiro atoms. The van der Waals surface area contributed by atoms with E-state index in [0.29, 0.717) is 0 Å². The van der Waals surface area contributed by atoms with Gasteiger partial charge in [-0.1, -0.05) is 24.0 Å². The Bertz CT molecular complexity index is 294. The van der Waals surface area contributed by atoms with Crippen LogP contribution in [0.5, 0.6) is 0 Å². The van der Waals surface area contributed by atoms with E-state index in [1.807, 2.05) is 6.20 Å². The van der Waals surface area contributed by atoms with Gasteiger partial charge in [0, 0.05) is 37.7 Å². The molecule has 0 aliphatic rings. The molecule has 1 aromatic heterocycles. The zero-order chi connectivity index (χ0) is 11.8. The van der Waals surface area contributed by atoms with E-state index < -0.39 is 0 Å². The van der Waals surface area contributed by atoms with Crippen LogP contribution in [0.2, 0.25) is 0 Å². The normalized spacial score (nSPS) is 10.4. The van der Waals surface area contributed by atoms with Gasteiger partial charge in [-0.15, -0.1) is 0 Å². The first-order chi connectivity index (χ1) is 7.77. The van der Waals surface area contributed by atoms with Crippen LogP contribution in [0.4, 0.5) is 0 Å². The number of H-pyrrole nitrogens is 1. The van der Waals surface area contributed by atoms with Crippen LogP contribution in [0.25, 0.3) is 0 Å². The summed E-state index contributed by atoms with van der Waals surface area (Å²) in [5, 5.41) is 0.